The summed E-state index contributed by atoms with van der Waals surface area (Å²) in [6, 6.07) is 10.6. The van der Waals surface area contributed by atoms with Gasteiger partial charge in [0.2, 0.25) is 35.4 Å². The Morgan fingerprint density at radius 1 is 0.733 bits per heavy atom. The Bertz CT molecular complexity index is 1960. The van der Waals surface area contributed by atoms with Crippen molar-refractivity contribution >= 4 is 41.4 Å². The summed E-state index contributed by atoms with van der Waals surface area (Å²) in [6.07, 6.45) is 2.51. The molecule has 3 fully saturated rings. The zero-order valence-electron chi connectivity index (χ0n) is 35.7. The first kappa shape index (κ1) is 44.2. The van der Waals surface area contributed by atoms with E-state index >= 15 is 0 Å². The molecule has 0 unspecified atom stereocenters. The third-order valence-corrected chi connectivity index (χ3v) is 12.5. The summed E-state index contributed by atoms with van der Waals surface area (Å²) in [5, 5.41) is 21.5. The highest BCUT2D eigenvalue weighted by molar-refractivity contribution is 6.02. The lowest BCUT2D eigenvalue weighted by Crippen LogP contribution is -2.60. The lowest BCUT2D eigenvalue weighted by molar-refractivity contribution is -0.155. The molecule has 15 nitrogen and oxygen atoms in total. The van der Waals surface area contributed by atoms with Gasteiger partial charge in [-0.15, -0.1) is 0 Å². The average Bonchev–Trinajstić information content (AvgIpc) is 3.96. The maximum Gasteiger partial charge on any atom is 0.257 e. The van der Waals surface area contributed by atoms with Gasteiger partial charge in [-0.3, -0.25) is 38.5 Å². The Kier molecular flexibility index (Phi) is 13.7. The molecule has 7 amide bonds. The van der Waals surface area contributed by atoms with Crippen molar-refractivity contribution in [2.45, 2.75) is 123 Å². The Balaban J connectivity index is 1.45. The van der Waals surface area contributed by atoms with Crippen molar-refractivity contribution in [2.24, 2.45) is 17.8 Å². The van der Waals surface area contributed by atoms with E-state index in [1.807, 2.05) is 65.0 Å². The number of nitrogens with one attached hydrogen (secondary N) is 3. The van der Waals surface area contributed by atoms with Crippen LogP contribution in [0.4, 0.5) is 0 Å². The van der Waals surface area contributed by atoms with Crippen LogP contribution >= 0.6 is 0 Å². The van der Waals surface area contributed by atoms with Crippen molar-refractivity contribution in [3.8, 4) is 0 Å². The van der Waals surface area contributed by atoms with E-state index in [1.54, 1.807) is 31.2 Å². The van der Waals surface area contributed by atoms with Gasteiger partial charge in [-0.2, -0.15) is 0 Å². The molecule has 3 saturated heterocycles. The van der Waals surface area contributed by atoms with Crippen LogP contribution in [-0.2, 0) is 41.0 Å². The van der Waals surface area contributed by atoms with E-state index in [4.69, 9.17) is 0 Å². The van der Waals surface area contributed by atoms with Crippen LogP contribution in [0.25, 0.3) is 0 Å². The molecule has 60 heavy (non-hydrogen) atoms. The molecule has 0 spiro atoms. The molecule has 4 N–H and O–H groups in total. The molecule has 0 radical (unpaired) electrons. The molecule has 0 saturated carbocycles. The number of aliphatic hydroxyl groups is 1. The van der Waals surface area contributed by atoms with Crippen LogP contribution < -0.4 is 16.0 Å². The van der Waals surface area contributed by atoms with E-state index in [9.17, 15) is 38.7 Å². The third kappa shape index (κ3) is 9.05. The highest BCUT2D eigenvalue weighted by Gasteiger charge is 2.52. The SMILES string of the molecule is CC[C@H](C)[C@@H]1NC(=O)CN2C(=O)c3ccccc3[C@@]2(O)CN(Cc2ccccc2)C(=O)[C@H]2CCCN2C(=O)[C@H](C(C)C)NC(=O)[C@H]2CCCN2C(=O)[C@H](CC(C)C)NC1=O. The molecular formula is C45H61N7O8. The van der Waals surface area contributed by atoms with Gasteiger partial charge in [0.15, 0.2) is 5.72 Å². The molecule has 2 aromatic rings. The second-order valence-electron chi connectivity index (χ2n) is 17.7. The van der Waals surface area contributed by atoms with Crippen molar-refractivity contribution in [1.82, 2.24) is 35.6 Å². The summed E-state index contributed by atoms with van der Waals surface area (Å²) in [7, 11) is 0. The third-order valence-electron chi connectivity index (χ3n) is 12.5. The van der Waals surface area contributed by atoms with E-state index in [2.05, 4.69) is 16.0 Å². The number of hydrogen-bond donors (Lipinski definition) is 4. The van der Waals surface area contributed by atoms with Gasteiger partial charge in [0.1, 0.15) is 36.8 Å². The fourth-order valence-electron chi connectivity index (χ4n) is 9.09. The molecule has 7 atom stereocenters. The number of carbonyl (C=O) groups is 7. The molecular weight excluding hydrogens is 767 g/mol. The summed E-state index contributed by atoms with van der Waals surface area (Å²) in [5.41, 5.74) is -1.08. The number of carbonyl (C=O) groups excluding carboxylic acids is 7. The molecule has 4 heterocycles. The molecule has 324 valence electrons. The number of nitrogens with zero attached hydrogens (tertiary/aromatic N) is 4. The van der Waals surface area contributed by atoms with Gasteiger partial charge in [0, 0.05) is 30.8 Å². The van der Waals surface area contributed by atoms with Gasteiger partial charge < -0.3 is 35.8 Å². The van der Waals surface area contributed by atoms with Crippen LogP contribution in [0.5, 0.6) is 0 Å². The van der Waals surface area contributed by atoms with Crippen LogP contribution in [0, 0.1) is 17.8 Å². The molecule has 4 aliphatic rings. The molecule has 0 bridgehead atoms. The first-order valence-electron chi connectivity index (χ1n) is 21.5. The number of benzene rings is 2. The van der Waals surface area contributed by atoms with Crippen LogP contribution in [-0.4, -0.2) is 122 Å². The Morgan fingerprint density at radius 2 is 1.37 bits per heavy atom. The molecule has 0 aliphatic carbocycles. The van der Waals surface area contributed by atoms with Crippen molar-refractivity contribution in [3.63, 3.8) is 0 Å². The summed E-state index contributed by atoms with van der Waals surface area (Å²) < 4.78 is 0. The summed E-state index contributed by atoms with van der Waals surface area (Å²) >= 11 is 0. The number of hydrogen-bond acceptors (Lipinski definition) is 8. The number of rotatable bonds is 7. The highest BCUT2D eigenvalue weighted by Crippen LogP contribution is 2.39. The minimum Gasteiger partial charge on any atom is -0.365 e. The fraction of sp³-hybridized carbons (Fsp3) is 0.578. The first-order chi connectivity index (χ1) is 28.5. The standard InChI is InChI=1S/C45H61N7O8/c1-7-29(6)38-40(55)46-33(23-27(2)3)42(57)50-21-13-19-34(50)39(54)48-37(28(4)5)44(59)51-22-14-20-35(51)43(58)49(24-30-15-9-8-10-16-30)26-45(60)32-18-12-11-17-31(32)41(56)52(45)25-36(53)47-38/h8-12,15-18,27-29,33-35,37-38,60H,7,13-14,19-26H2,1-6H3,(H,46,55)(H,47,53)(H,48,54)/t29-,33-,34+,35+,37-,38-,45-/m0/s1. The maximum atomic E-state index is 15.0. The van der Waals surface area contributed by atoms with Gasteiger partial charge in [0.05, 0.1) is 6.54 Å². The molecule has 0 aromatic heterocycles. The van der Waals surface area contributed by atoms with E-state index in [0.29, 0.717) is 32.1 Å². The van der Waals surface area contributed by atoms with Crippen LogP contribution in [0.2, 0.25) is 0 Å². The van der Waals surface area contributed by atoms with Gasteiger partial charge in [-0.05, 0) is 61.5 Å². The minimum absolute atomic E-state index is 0.0145. The van der Waals surface area contributed by atoms with Crippen LogP contribution in [0.3, 0.4) is 0 Å². The number of β-amino-alcohol motifs (C(OH)–C–C–N with tert-alkyl or cyclic N) is 1. The first-order valence-corrected chi connectivity index (χ1v) is 21.5. The molecule has 6 rings (SSSR count). The predicted octanol–water partition coefficient (Wildman–Crippen LogP) is 2.51. The predicted molar refractivity (Wildman–Crippen MR) is 222 cm³/mol. The van der Waals surface area contributed by atoms with Crippen molar-refractivity contribution in [2.75, 3.05) is 26.2 Å². The van der Waals surface area contributed by atoms with E-state index in [1.165, 1.54) is 14.7 Å². The molecule has 2 aromatic carbocycles. The fourth-order valence-corrected chi connectivity index (χ4v) is 9.09. The lowest BCUT2D eigenvalue weighted by atomic mass is 9.96. The largest absolute Gasteiger partial charge is 0.365 e. The average molecular weight is 828 g/mol. The normalized spacial score (nSPS) is 27.9. The topological polar surface area (TPSA) is 189 Å². The Hall–Kier alpha value is -5.31. The van der Waals surface area contributed by atoms with E-state index in [-0.39, 0.29) is 49.0 Å². The van der Waals surface area contributed by atoms with Crippen LogP contribution in [0.1, 0.15) is 102 Å². The van der Waals surface area contributed by atoms with Gasteiger partial charge >= 0.3 is 0 Å². The highest BCUT2D eigenvalue weighted by atomic mass is 16.3. The zero-order valence-corrected chi connectivity index (χ0v) is 35.7. The monoisotopic (exact) mass is 827 g/mol. The van der Waals surface area contributed by atoms with E-state index < -0.39 is 96.3 Å². The summed E-state index contributed by atoms with van der Waals surface area (Å²) in [5.74, 6) is -4.58. The van der Waals surface area contributed by atoms with Crippen LogP contribution in [0.15, 0.2) is 54.6 Å². The summed E-state index contributed by atoms with van der Waals surface area (Å²) in [4.78, 5) is 106. The number of fused-ring (bicyclic) bond motifs is 5. The zero-order chi connectivity index (χ0) is 43.5. The second-order valence-corrected chi connectivity index (χ2v) is 17.7. The lowest BCUT2D eigenvalue weighted by Gasteiger charge is -2.40. The minimum atomic E-state index is -2.19. The van der Waals surface area contributed by atoms with Crippen molar-refractivity contribution in [1.29, 1.82) is 0 Å². The smallest absolute Gasteiger partial charge is 0.257 e. The van der Waals surface area contributed by atoms with Gasteiger partial charge in [-0.25, -0.2) is 0 Å². The van der Waals surface area contributed by atoms with Crippen molar-refractivity contribution in [3.05, 3.63) is 71.3 Å². The Labute approximate surface area is 352 Å². The number of amides is 7. The summed E-state index contributed by atoms with van der Waals surface area (Å²) in [6.45, 7) is 10.6. The quantitative estimate of drug-likeness (QED) is 0.328. The van der Waals surface area contributed by atoms with Crippen molar-refractivity contribution < 1.29 is 38.7 Å². The van der Waals surface area contributed by atoms with E-state index in [0.717, 1.165) is 10.5 Å². The van der Waals surface area contributed by atoms with Gasteiger partial charge in [0.25, 0.3) is 5.91 Å². The van der Waals surface area contributed by atoms with Gasteiger partial charge in [-0.1, -0.05) is 96.5 Å². The Morgan fingerprint density at radius 3 is 2.02 bits per heavy atom. The molecule has 15 heteroatoms. The second kappa shape index (κ2) is 18.5. The molecule has 4 aliphatic heterocycles. The maximum absolute atomic E-state index is 15.0.